The van der Waals surface area contributed by atoms with E-state index in [1.54, 1.807) is 24.0 Å². The molecule has 0 aromatic carbocycles. The number of carbonyl (C=O) groups excluding carboxylic acids is 1. The minimum absolute atomic E-state index is 0.0501. The predicted octanol–water partition coefficient (Wildman–Crippen LogP) is 4.47. The molecule has 2 unspecified atom stereocenters. The molecule has 2 atom stereocenters. The highest BCUT2D eigenvalue weighted by Crippen LogP contribution is 2.50. The number of pyridine rings is 1. The molecular weight excluding hydrogens is 428 g/mol. The fraction of sp³-hybridized carbons (Fsp3) is 0.500. The van der Waals surface area contributed by atoms with E-state index < -0.39 is 11.8 Å². The second-order valence-corrected chi connectivity index (χ2v) is 9.16. The summed E-state index contributed by atoms with van der Waals surface area (Å²) in [6, 6.07) is 3.36. The van der Waals surface area contributed by atoms with Crippen LogP contribution in [0.3, 0.4) is 0 Å². The van der Waals surface area contributed by atoms with Gasteiger partial charge in [-0.2, -0.15) is 16.5 Å². The van der Waals surface area contributed by atoms with E-state index in [1.165, 1.54) is 35.5 Å². The standard InChI is InChI=1S/C18H20ClF2N3O2S2/c1-3-24(16(25)11(2)9-27-10-13-7-18(13,20)21)17-14(19)22-15(28-17)12-5-4-6-23(26)8-12/h4-6,8,11,13H,3,7,9-10H2,1-2H3. The largest absolute Gasteiger partial charge is 0.619 e. The Balaban J connectivity index is 1.67. The van der Waals surface area contributed by atoms with E-state index in [-0.39, 0.29) is 23.4 Å². The molecule has 2 aromatic heterocycles. The van der Waals surface area contributed by atoms with Crippen LogP contribution in [-0.2, 0) is 4.79 Å². The van der Waals surface area contributed by atoms with Crippen molar-refractivity contribution in [1.82, 2.24) is 4.98 Å². The van der Waals surface area contributed by atoms with Crippen molar-refractivity contribution < 1.29 is 18.3 Å². The number of anilines is 1. The quantitative estimate of drug-likeness (QED) is 0.442. The molecule has 1 saturated carbocycles. The molecule has 1 amide bonds. The SMILES string of the molecule is CCN(C(=O)C(C)CSCC1CC1(F)F)c1sc(-c2ccc[n+]([O-])c2)nc1Cl. The monoisotopic (exact) mass is 447 g/mol. The van der Waals surface area contributed by atoms with Gasteiger partial charge in [-0.25, -0.2) is 13.8 Å². The van der Waals surface area contributed by atoms with Gasteiger partial charge in [0.1, 0.15) is 10.0 Å². The van der Waals surface area contributed by atoms with Gasteiger partial charge in [0, 0.05) is 42.4 Å². The Bertz CT molecular complexity index is 865. The van der Waals surface area contributed by atoms with Gasteiger partial charge in [-0.05, 0) is 13.0 Å². The van der Waals surface area contributed by atoms with Crippen LogP contribution in [0.2, 0.25) is 5.15 Å². The molecule has 3 rings (SSSR count). The van der Waals surface area contributed by atoms with Gasteiger partial charge < -0.3 is 10.1 Å². The first-order valence-corrected chi connectivity index (χ1v) is 11.2. The Kier molecular flexibility index (Phi) is 6.46. The number of amides is 1. The number of alkyl halides is 2. The van der Waals surface area contributed by atoms with Crippen molar-refractivity contribution in [2.75, 3.05) is 23.0 Å². The Morgan fingerprint density at radius 2 is 2.32 bits per heavy atom. The number of halogens is 3. The highest BCUT2D eigenvalue weighted by Gasteiger charge is 2.56. The Labute approximate surface area is 175 Å². The van der Waals surface area contributed by atoms with E-state index in [4.69, 9.17) is 11.6 Å². The summed E-state index contributed by atoms with van der Waals surface area (Å²) in [5.74, 6) is -2.70. The average molecular weight is 448 g/mol. The molecule has 1 aliphatic carbocycles. The molecule has 2 aromatic rings. The lowest BCUT2D eigenvalue weighted by Crippen LogP contribution is -2.35. The topological polar surface area (TPSA) is 60.1 Å². The van der Waals surface area contributed by atoms with Gasteiger partial charge in [-0.15, -0.1) is 0 Å². The fourth-order valence-electron chi connectivity index (χ4n) is 2.74. The van der Waals surface area contributed by atoms with Crippen LogP contribution in [0, 0.1) is 17.0 Å². The highest BCUT2D eigenvalue weighted by atomic mass is 35.5. The molecule has 0 N–H and O–H groups in total. The second kappa shape index (κ2) is 8.51. The molecular formula is C18H20ClF2N3O2S2. The van der Waals surface area contributed by atoms with Gasteiger partial charge in [-0.3, -0.25) is 4.79 Å². The summed E-state index contributed by atoms with van der Waals surface area (Å²) in [6.07, 6.45) is 2.72. The molecule has 0 radical (unpaired) electrons. The number of thiazole rings is 1. The zero-order valence-corrected chi connectivity index (χ0v) is 17.8. The number of rotatable bonds is 8. The average Bonchev–Trinajstić information content (AvgIpc) is 3.07. The summed E-state index contributed by atoms with van der Waals surface area (Å²) < 4.78 is 26.6. The minimum Gasteiger partial charge on any atom is -0.619 e. The third kappa shape index (κ3) is 4.75. The van der Waals surface area contributed by atoms with Crippen LogP contribution in [0.15, 0.2) is 24.5 Å². The van der Waals surface area contributed by atoms with E-state index in [0.29, 0.717) is 38.4 Å². The molecule has 1 aliphatic rings. The zero-order chi connectivity index (χ0) is 20.5. The number of hydrogen-bond donors (Lipinski definition) is 0. The Morgan fingerprint density at radius 1 is 1.61 bits per heavy atom. The van der Waals surface area contributed by atoms with Gasteiger partial charge >= 0.3 is 0 Å². The first-order valence-electron chi connectivity index (χ1n) is 8.85. The maximum absolute atomic E-state index is 13.0. The van der Waals surface area contributed by atoms with Crippen molar-refractivity contribution in [2.24, 2.45) is 11.8 Å². The van der Waals surface area contributed by atoms with Crippen molar-refractivity contribution in [3.05, 3.63) is 34.9 Å². The lowest BCUT2D eigenvalue weighted by Gasteiger charge is -2.23. The third-order valence-electron chi connectivity index (χ3n) is 4.48. The maximum atomic E-state index is 13.0. The minimum atomic E-state index is -2.53. The predicted molar refractivity (Wildman–Crippen MR) is 109 cm³/mol. The number of nitrogens with zero attached hydrogens (tertiary/aromatic N) is 3. The van der Waals surface area contributed by atoms with E-state index in [9.17, 15) is 18.8 Å². The molecule has 5 nitrogen and oxygen atoms in total. The summed E-state index contributed by atoms with van der Waals surface area (Å²) >= 11 is 8.90. The molecule has 1 fully saturated rings. The molecule has 0 bridgehead atoms. The van der Waals surface area contributed by atoms with Gasteiger partial charge in [0.2, 0.25) is 5.91 Å². The second-order valence-electron chi connectivity index (χ2n) is 6.75. The van der Waals surface area contributed by atoms with Crippen LogP contribution in [0.25, 0.3) is 10.6 Å². The lowest BCUT2D eigenvalue weighted by atomic mass is 10.2. The van der Waals surface area contributed by atoms with E-state index in [2.05, 4.69) is 4.98 Å². The normalized spacial score (nSPS) is 18.7. The van der Waals surface area contributed by atoms with Crippen LogP contribution in [0.1, 0.15) is 20.3 Å². The maximum Gasteiger partial charge on any atom is 0.252 e. The van der Waals surface area contributed by atoms with Crippen molar-refractivity contribution in [3.63, 3.8) is 0 Å². The van der Waals surface area contributed by atoms with Crippen LogP contribution in [0.5, 0.6) is 0 Å². The van der Waals surface area contributed by atoms with Crippen LogP contribution >= 0.6 is 34.7 Å². The Hall–Kier alpha value is -1.45. The lowest BCUT2D eigenvalue weighted by molar-refractivity contribution is -0.604. The van der Waals surface area contributed by atoms with E-state index >= 15 is 0 Å². The molecule has 28 heavy (non-hydrogen) atoms. The van der Waals surface area contributed by atoms with Crippen molar-refractivity contribution in [1.29, 1.82) is 0 Å². The number of thioether (sulfide) groups is 1. The first-order chi connectivity index (χ1) is 13.2. The van der Waals surface area contributed by atoms with E-state index in [1.807, 2.05) is 6.92 Å². The Morgan fingerprint density at radius 3 is 2.93 bits per heavy atom. The van der Waals surface area contributed by atoms with Gasteiger partial charge in [0.15, 0.2) is 17.5 Å². The highest BCUT2D eigenvalue weighted by molar-refractivity contribution is 7.99. The number of aromatic nitrogens is 2. The number of hydrogen-bond acceptors (Lipinski definition) is 5. The van der Waals surface area contributed by atoms with Crippen molar-refractivity contribution in [3.8, 4) is 10.6 Å². The number of carbonyl (C=O) groups is 1. The molecule has 0 saturated heterocycles. The molecule has 0 spiro atoms. The molecule has 10 heteroatoms. The van der Waals surface area contributed by atoms with Gasteiger partial charge in [0.25, 0.3) is 5.92 Å². The summed E-state index contributed by atoms with van der Waals surface area (Å²) in [5.41, 5.74) is 0.619. The van der Waals surface area contributed by atoms with Crippen LogP contribution < -0.4 is 9.63 Å². The van der Waals surface area contributed by atoms with Crippen molar-refractivity contribution in [2.45, 2.75) is 26.2 Å². The van der Waals surface area contributed by atoms with Crippen molar-refractivity contribution >= 4 is 45.6 Å². The van der Waals surface area contributed by atoms with Crippen LogP contribution in [0.4, 0.5) is 13.8 Å². The zero-order valence-electron chi connectivity index (χ0n) is 15.4. The van der Waals surface area contributed by atoms with E-state index in [0.717, 1.165) is 0 Å². The smallest absolute Gasteiger partial charge is 0.252 e. The first kappa shape index (κ1) is 21.3. The van der Waals surface area contributed by atoms with Gasteiger partial charge in [-0.1, -0.05) is 29.9 Å². The third-order valence-corrected chi connectivity index (χ3v) is 7.36. The summed E-state index contributed by atoms with van der Waals surface area (Å²) in [7, 11) is 0. The molecule has 0 aliphatic heterocycles. The van der Waals surface area contributed by atoms with Crippen LogP contribution in [-0.4, -0.2) is 34.9 Å². The van der Waals surface area contributed by atoms with Gasteiger partial charge in [0.05, 0.1) is 5.56 Å². The molecule has 2 heterocycles. The summed E-state index contributed by atoms with van der Waals surface area (Å²) in [4.78, 5) is 18.7. The fourth-order valence-corrected chi connectivity index (χ4v) is 5.39. The summed E-state index contributed by atoms with van der Waals surface area (Å²) in [6.45, 7) is 4.04. The summed E-state index contributed by atoms with van der Waals surface area (Å²) in [5, 5.41) is 12.8. The molecule has 152 valence electrons.